The van der Waals surface area contributed by atoms with Gasteiger partial charge in [-0.05, 0) is 43.3 Å². The lowest BCUT2D eigenvalue weighted by molar-refractivity contribution is -0.151. The molecule has 1 N–H and O–H groups in total. The van der Waals surface area contributed by atoms with E-state index in [4.69, 9.17) is 21.1 Å². The van der Waals surface area contributed by atoms with Crippen LogP contribution in [0.3, 0.4) is 0 Å². The van der Waals surface area contributed by atoms with Crippen molar-refractivity contribution in [1.29, 1.82) is 0 Å². The molecular weight excluding hydrogens is 396 g/mol. The topological polar surface area (TPSA) is 84.9 Å². The summed E-state index contributed by atoms with van der Waals surface area (Å²) >= 11 is 5.80. The number of hydrogen-bond donors (Lipinski definition) is 1. The van der Waals surface area contributed by atoms with Crippen LogP contribution in [-0.4, -0.2) is 37.5 Å². The van der Waals surface area contributed by atoms with Gasteiger partial charge in [-0.25, -0.2) is 0 Å². The monoisotopic (exact) mass is 416 g/mol. The summed E-state index contributed by atoms with van der Waals surface area (Å²) in [6, 6.07) is 13.7. The summed E-state index contributed by atoms with van der Waals surface area (Å²) in [5.41, 5.74) is 1.17. The van der Waals surface area contributed by atoms with E-state index in [2.05, 4.69) is 5.32 Å². The first-order valence-corrected chi connectivity index (χ1v) is 9.60. The lowest BCUT2D eigenvalue weighted by Gasteiger charge is -2.19. The van der Waals surface area contributed by atoms with Gasteiger partial charge in [0, 0.05) is 23.7 Å². The molecule has 0 saturated carbocycles. The highest BCUT2D eigenvalue weighted by molar-refractivity contribution is 6.30. The van der Waals surface area contributed by atoms with Crippen molar-refractivity contribution in [3.8, 4) is 5.75 Å². The second-order valence-electron chi connectivity index (χ2n) is 6.47. The zero-order chi connectivity index (χ0) is 20.8. The molecule has 1 saturated heterocycles. The van der Waals surface area contributed by atoms with Gasteiger partial charge < -0.3 is 19.7 Å². The first kappa shape index (κ1) is 20.7. The Morgan fingerprint density at radius 3 is 2.62 bits per heavy atom. The SMILES string of the molecule is CCOc1ccccc1N1C[C@H](C(=O)OCC(=O)Nc2ccc(Cl)cc2)CC1=O. The van der Waals surface area contributed by atoms with Crippen LogP contribution in [0, 0.1) is 5.92 Å². The molecule has 3 rings (SSSR count). The largest absolute Gasteiger partial charge is 0.492 e. The number of carbonyl (C=O) groups excluding carboxylic acids is 3. The molecule has 0 spiro atoms. The van der Waals surface area contributed by atoms with Crippen LogP contribution in [0.4, 0.5) is 11.4 Å². The molecule has 1 atom stereocenters. The minimum atomic E-state index is -0.638. The molecule has 8 heteroatoms. The van der Waals surface area contributed by atoms with Crippen LogP contribution in [0.25, 0.3) is 0 Å². The normalized spacial score (nSPS) is 15.9. The Hall–Kier alpha value is -3.06. The van der Waals surface area contributed by atoms with E-state index in [9.17, 15) is 14.4 Å². The van der Waals surface area contributed by atoms with E-state index >= 15 is 0 Å². The van der Waals surface area contributed by atoms with Crippen molar-refractivity contribution >= 4 is 40.8 Å². The van der Waals surface area contributed by atoms with Crippen LogP contribution < -0.4 is 15.0 Å². The molecular formula is C21H21ClN2O5. The molecule has 1 fully saturated rings. The van der Waals surface area contributed by atoms with Gasteiger partial charge in [0.25, 0.3) is 5.91 Å². The number of hydrogen-bond acceptors (Lipinski definition) is 5. The summed E-state index contributed by atoms with van der Waals surface area (Å²) in [5.74, 6) is -1.30. The molecule has 1 heterocycles. The van der Waals surface area contributed by atoms with Crippen molar-refractivity contribution in [3.63, 3.8) is 0 Å². The third-order valence-electron chi connectivity index (χ3n) is 4.39. The highest BCUT2D eigenvalue weighted by Gasteiger charge is 2.37. The standard InChI is InChI=1S/C21H21ClN2O5/c1-2-28-18-6-4-3-5-17(18)24-12-14(11-20(24)26)21(27)29-13-19(25)23-16-9-7-15(22)8-10-16/h3-10,14H,2,11-13H2,1H3,(H,23,25)/t14-/m1/s1. The van der Waals surface area contributed by atoms with Gasteiger partial charge in [0.1, 0.15) is 5.75 Å². The fourth-order valence-corrected chi connectivity index (χ4v) is 3.17. The summed E-state index contributed by atoms with van der Waals surface area (Å²) < 4.78 is 10.7. The lowest BCUT2D eigenvalue weighted by atomic mass is 10.1. The van der Waals surface area contributed by atoms with Crippen LogP contribution >= 0.6 is 11.6 Å². The number of benzene rings is 2. The van der Waals surface area contributed by atoms with Gasteiger partial charge in [-0.3, -0.25) is 14.4 Å². The average molecular weight is 417 g/mol. The van der Waals surface area contributed by atoms with Gasteiger partial charge in [0.05, 0.1) is 18.2 Å². The zero-order valence-corrected chi connectivity index (χ0v) is 16.6. The Bertz CT molecular complexity index is 900. The number of ether oxygens (including phenoxy) is 2. The average Bonchev–Trinajstić information content (AvgIpc) is 3.10. The second kappa shape index (κ2) is 9.43. The molecule has 7 nitrogen and oxygen atoms in total. The van der Waals surface area contributed by atoms with E-state index in [-0.39, 0.29) is 18.9 Å². The molecule has 2 aromatic rings. The smallest absolute Gasteiger partial charge is 0.311 e. The minimum Gasteiger partial charge on any atom is -0.492 e. The van der Waals surface area contributed by atoms with Gasteiger partial charge >= 0.3 is 5.97 Å². The van der Waals surface area contributed by atoms with Gasteiger partial charge in [0.2, 0.25) is 5.91 Å². The predicted molar refractivity (Wildman–Crippen MR) is 109 cm³/mol. The van der Waals surface area contributed by atoms with Crippen LogP contribution in [0.1, 0.15) is 13.3 Å². The fourth-order valence-electron chi connectivity index (χ4n) is 3.04. The zero-order valence-electron chi connectivity index (χ0n) is 15.9. The molecule has 0 unspecified atom stereocenters. The molecule has 0 aromatic heterocycles. The Labute approximate surface area is 173 Å². The van der Waals surface area contributed by atoms with Crippen molar-refractivity contribution in [2.75, 3.05) is 30.0 Å². The van der Waals surface area contributed by atoms with E-state index in [0.717, 1.165) is 0 Å². The number of esters is 1. The van der Waals surface area contributed by atoms with Gasteiger partial charge in [-0.1, -0.05) is 23.7 Å². The number of amides is 2. The molecule has 0 radical (unpaired) electrons. The third kappa shape index (κ3) is 5.26. The van der Waals surface area contributed by atoms with Gasteiger partial charge in [-0.15, -0.1) is 0 Å². The molecule has 152 valence electrons. The molecule has 1 aliphatic heterocycles. The second-order valence-corrected chi connectivity index (χ2v) is 6.91. The third-order valence-corrected chi connectivity index (χ3v) is 4.64. The Balaban J connectivity index is 1.55. The molecule has 2 amide bonds. The summed E-state index contributed by atoms with van der Waals surface area (Å²) in [6.07, 6.45) is 0.0259. The van der Waals surface area contributed by atoms with Crippen molar-refractivity contribution in [2.24, 2.45) is 5.92 Å². The Morgan fingerprint density at radius 1 is 1.17 bits per heavy atom. The number of carbonyl (C=O) groups is 3. The fraction of sp³-hybridized carbons (Fsp3) is 0.286. The maximum absolute atomic E-state index is 12.4. The van der Waals surface area contributed by atoms with Crippen molar-refractivity contribution in [2.45, 2.75) is 13.3 Å². The van der Waals surface area contributed by atoms with Gasteiger partial charge in [-0.2, -0.15) is 0 Å². The summed E-state index contributed by atoms with van der Waals surface area (Å²) in [5, 5.41) is 3.16. The molecule has 0 bridgehead atoms. The van der Waals surface area contributed by atoms with Crippen LogP contribution in [0.2, 0.25) is 5.02 Å². The molecule has 29 heavy (non-hydrogen) atoms. The number of anilines is 2. The number of para-hydroxylation sites is 2. The van der Waals surface area contributed by atoms with E-state index in [1.54, 1.807) is 42.5 Å². The van der Waals surface area contributed by atoms with Crippen molar-refractivity contribution < 1.29 is 23.9 Å². The van der Waals surface area contributed by atoms with Crippen molar-refractivity contribution in [1.82, 2.24) is 0 Å². The highest BCUT2D eigenvalue weighted by Crippen LogP contribution is 2.33. The molecule has 2 aromatic carbocycles. The van der Waals surface area contributed by atoms with E-state index in [0.29, 0.717) is 28.8 Å². The van der Waals surface area contributed by atoms with E-state index in [1.165, 1.54) is 4.90 Å². The van der Waals surface area contributed by atoms with E-state index < -0.39 is 24.4 Å². The Morgan fingerprint density at radius 2 is 1.90 bits per heavy atom. The highest BCUT2D eigenvalue weighted by atomic mass is 35.5. The van der Waals surface area contributed by atoms with Crippen LogP contribution in [-0.2, 0) is 19.1 Å². The Kier molecular flexibility index (Phi) is 6.72. The minimum absolute atomic E-state index is 0.0259. The quantitative estimate of drug-likeness (QED) is 0.700. The van der Waals surface area contributed by atoms with Gasteiger partial charge in [0.15, 0.2) is 6.61 Å². The number of rotatable bonds is 7. The van der Waals surface area contributed by atoms with E-state index in [1.807, 2.05) is 13.0 Å². The maximum Gasteiger partial charge on any atom is 0.311 e. The molecule has 0 aliphatic carbocycles. The summed E-state index contributed by atoms with van der Waals surface area (Å²) in [6.45, 7) is 2.08. The first-order valence-electron chi connectivity index (χ1n) is 9.22. The molecule has 1 aliphatic rings. The number of halogens is 1. The predicted octanol–water partition coefficient (Wildman–Crippen LogP) is 3.27. The first-order chi connectivity index (χ1) is 14.0. The number of nitrogens with one attached hydrogen (secondary N) is 1. The van der Waals surface area contributed by atoms with Crippen molar-refractivity contribution in [3.05, 3.63) is 53.6 Å². The lowest BCUT2D eigenvalue weighted by Crippen LogP contribution is -2.28. The van der Waals surface area contributed by atoms with Crippen LogP contribution in [0.15, 0.2) is 48.5 Å². The number of nitrogens with zero attached hydrogens (tertiary/aromatic N) is 1. The maximum atomic E-state index is 12.4. The summed E-state index contributed by atoms with van der Waals surface area (Å²) in [4.78, 5) is 38.3. The van der Waals surface area contributed by atoms with Crippen LogP contribution in [0.5, 0.6) is 5.75 Å². The summed E-state index contributed by atoms with van der Waals surface area (Å²) in [7, 11) is 0.